The zero-order valence-corrected chi connectivity index (χ0v) is 18.1. The van der Waals surface area contributed by atoms with E-state index in [0.29, 0.717) is 29.6 Å². The van der Waals surface area contributed by atoms with Crippen LogP contribution in [-0.2, 0) is 20.0 Å². The summed E-state index contributed by atoms with van der Waals surface area (Å²) in [4.78, 5) is 35.4. The van der Waals surface area contributed by atoms with Gasteiger partial charge in [0.2, 0.25) is 5.95 Å². The van der Waals surface area contributed by atoms with Gasteiger partial charge in [-0.25, -0.2) is 4.79 Å². The number of hydrogen-bond acceptors (Lipinski definition) is 4. The number of nitrogens with zero attached hydrogens (tertiary/aromatic N) is 3. The van der Waals surface area contributed by atoms with E-state index in [0.717, 1.165) is 22.1 Å². The van der Waals surface area contributed by atoms with Crippen molar-refractivity contribution < 1.29 is 0 Å². The van der Waals surface area contributed by atoms with E-state index in [9.17, 15) is 9.59 Å². The lowest BCUT2D eigenvalue weighted by Gasteiger charge is -2.11. The Kier molecular flexibility index (Phi) is 5.07. The number of anilines is 1. The number of halogens is 1. The molecule has 0 bridgehead atoms. The summed E-state index contributed by atoms with van der Waals surface area (Å²) >= 11 is 6.02. The monoisotopic (exact) mass is 448 g/mol. The van der Waals surface area contributed by atoms with Crippen LogP contribution in [0.1, 0.15) is 11.1 Å². The summed E-state index contributed by atoms with van der Waals surface area (Å²) in [7, 11) is 1.45. The molecule has 3 aromatic heterocycles. The normalized spacial score (nSPS) is 11.4. The molecule has 9 heteroatoms. The Hall–Kier alpha value is -3.78. The summed E-state index contributed by atoms with van der Waals surface area (Å²) in [5.41, 5.74) is 2.97. The number of aromatic amines is 2. The van der Waals surface area contributed by atoms with Crippen LogP contribution in [0.3, 0.4) is 0 Å². The molecule has 0 aliphatic rings. The fourth-order valence-electron chi connectivity index (χ4n) is 3.90. The van der Waals surface area contributed by atoms with E-state index in [4.69, 9.17) is 11.6 Å². The third-order valence-electron chi connectivity index (χ3n) is 5.61. The van der Waals surface area contributed by atoms with Gasteiger partial charge < -0.3 is 10.3 Å². The van der Waals surface area contributed by atoms with Crippen LogP contribution in [0.4, 0.5) is 5.95 Å². The van der Waals surface area contributed by atoms with Gasteiger partial charge in [-0.3, -0.25) is 18.9 Å². The van der Waals surface area contributed by atoms with Gasteiger partial charge in [-0.15, -0.1) is 0 Å². The summed E-state index contributed by atoms with van der Waals surface area (Å²) in [6.07, 6.45) is 2.78. The summed E-state index contributed by atoms with van der Waals surface area (Å²) in [6.45, 7) is 1.01. The third-order valence-corrected chi connectivity index (χ3v) is 5.86. The highest BCUT2D eigenvalue weighted by Gasteiger charge is 2.17. The lowest BCUT2D eigenvalue weighted by Crippen LogP contribution is -2.33. The highest BCUT2D eigenvalue weighted by molar-refractivity contribution is 6.30. The first kappa shape index (κ1) is 20.1. The SMILES string of the molecule is Cn1c(=O)[nH]c2nc(NCCc3c[nH]c4ccccc34)n(Cc3ccc(Cl)cc3)c2c1=O. The lowest BCUT2D eigenvalue weighted by molar-refractivity contribution is 0.768. The first-order valence-corrected chi connectivity index (χ1v) is 10.6. The van der Waals surface area contributed by atoms with Crippen molar-refractivity contribution in [3.63, 3.8) is 0 Å². The predicted molar refractivity (Wildman–Crippen MR) is 127 cm³/mol. The quantitative estimate of drug-likeness (QED) is 0.371. The number of fused-ring (bicyclic) bond motifs is 2. The van der Waals surface area contributed by atoms with Crippen LogP contribution in [0.15, 0.2) is 64.3 Å². The number of hydrogen-bond donors (Lipinski definition) is 3. The fraction of sp³-hybridized carbons (Fsp3) is 0.174. The molecular formula is C23H21ClN6O2. The Balaban J connectivity index is 1.49. The largest absolute Gasteiger partial charge is 0.361 e. The molecule has 0 fully saturated rings. The average Bonchev–Trinajstić information content (AvgIpc) is 3.35. The van der Waals surface area contributed by atoms with Gasteiger partial charge in [0.1, 0.15) is 0 Å². The maximum absolute atomic E-state index is 12.9. The fourth-order valence-corrected chi connectivity index (χ4v) is 4.03. The third kappa shape index (κ3) is 3.58. The van der Waals surface area contributed by atoms with Gasteiger partial charge in [-0.2, -0.15) is 4.98 Å². The zero-order valence-electron chi connectivity index (χ0n) is 17.4. The average molecular weight is 449 g/mol. The molecule has 0 amide bonds. The van der Waals surface area contributed by atoms with Gasteiger partial charge in [-0.1, -0.05) is 41.9 Å². The number of H-pyrrole nitrogens is 2. The Bertz CT molecular complexity index is 1540. The van der Waals surface area contributed by atoms with Crippen molar-refractivity contribution in [1.82, 2.24) is 24.1 Å². The Morgan fingerprint density at radius 3 is 2.69 bits per heavy atom. The molecule has 8 nitrogen and oxygen atoms in total. The summed E-state index contributed by atoms with van der Waals surface area (Å²) in [6, 6.07) is 15.6. The van der Waals surface area contributed by atoms with Gasteiger partial charge in [0.05, 0.1) is 6.54 Å². The molecule has 0 aliphatic carbocycles. The van der Waals surface area contributed by atoms with E-state index in [1.54, 1.807) is 16.7 Å². The number of nitrogens with one attached hydrogen (secondary N) is 3. The van der Waals surface area contributed by atoms with E-state index in [1.807, 2.05) is 36.5 Å². The molecule has 162 valence electrons. The molecule has 0 saturated heterocycles. The van der Waals surface area contributed by atoms with Crippen molar-refractivity contribution in [3.05, 3.63) is 91.7 Å². The summed E-state index contributed by atoms with van der Waals surface area (Å²) in [5.74, 6) is 0.522. The van der Waals surface area contributed by atoms with Gasteiger partial charge >= 0.3 is 5.69 Å². The van der Waals surface area contributed by atoms with Crippen molar-refractivity contribution in [2.75, 3.05) is 11.9 Å². The lowest BCUT2D eigenvalue weighted by atomic mass is 10.1. The molecule has 5 rings (SSSR count). The van der Waals surface area contributed by atoms with Crippen molar-refractivity contribution in [1.29, 1.82) is 0 Å². The minimum Gasteiger partial charge on any atom is -0.361 e. The molecule has 3 N–H and O–H groups in total. The zero-order chi connectivity index (χ0) is 22.2. The minimum atomic E-state index is -0.496. The smallest absolute Gasteiger partial charge is 0.329 e. The van der Waals surface area contributed by atoms with E-state index in [2.05, 4.69) is 26.3 Å². The minimum absolute atomic E-state index is 0.265. The van der Waals surface area contributed by atoms with Crippen LogP contribution in [0.2, 0.25) is 5.02 Å². The molecule has 0 radical (unpaired) electrons. The highest BCUT2D eigenvalue weighted by Crippen LogP contribution is 2.20. The molecule has 0 saturated carbocycles. The van der Waals surface area contributed by atoms with E-state index in [-0.39, 0.29) is 5.65 Å². The molecule has 0 atom stereocenters. The molecule has 0 aliphatic heterocycles. The molecule has 3 heterocycles. The van der Waals surface area contributed by atoms with E-state index in [1.165, 1.54) is 18.0 Å². The molecule has 32 heavy (non-hydrogen) atoms. The standard InChI is InChI=1S/C23H21ClN6O2/c1-29-21(31)19-20(28-23(29)32)27-22(30(19)13-14-6-8-16(24)9-7-14)25-11-10-15-12-26-18-5-3-2-4-17(15)18/h2-9,12,26H,10-11,13H2,1H3,(H,25,27)(H,28,32). The van der Waals surface area contributed by atoms with Gasteiger partial charge in [0.15, 0.2) is 11.2 Å². The maximum atomic E-state index is 12.9. The van der Waals surface area contributed by atoms with Crippen LogP contribution >= 0.6 is 11.6 Å². The first-order chi connectivity index (χ1) is 15.5. The van der Waals surface area contributed by atoms with Crippen LogP contribution < -0.4 is 16.6 Å². The topological polar surface area (TPSA) is 100 Å². The molecular weight excluding hydrogens is 428 g/mol. The second-order valence-electron chi connectivity index (χ2n) is 7.68. The van der Waals surface area contributed by atoms with Crippen molar-refractivity contribution >= 4 is 39.6 Å². The number of para-hydroxylation sites is 1. The Morgan fingerprint density at radius 2 is 1.88 bits per heavy atom. The van der Waals surface area contributed by atoms with E-state index >= 15 is 0 Å². The van der Waals surface area contributed by atoms with Crippen LogP contribution in [0, 0.1) is 0 Å². The summed E-state index contributed by atoms with van der Waals surface area (Å²) in [5, 5.41) is 5.17. The van der Waals surface area contributed by atoms with Crippen molar-refractivity contribution in [3.8, 4) is 0 Å². The number of aromatic nitrogens is 5. The van der Waals surface area contributed by atoms with Gasteiger partial charge in [0.25, 0.3) is 5.56 Å². The van der Waals surface area contributed by atoms with Crippen LogP contribution in [0.5, 0.6) is 0 Å². The summed E-state index contributed by atoms with van der Waals surface area (Å²) < 4.78 is 2.85. The Labute approximate surface area is 187 Å². The van der Waals surface area contributed by atoms with Gasteiger partial charge in [0, 0.05) is 35.7 Å². The van der Waals surface area contributed by atoms with Gasteiger partial charge in [-0.05, 0) is 35.7 Å². The van der Waals surface area contributed by atoms with Crippen LogP contribution in [0.25, 0.3) is 22.1 Å². The number of benzene rings is 2. The molecule has 0 spiro atoms. The first-order valence-electron chi connectivity index (χ1n) is 10.2. The maximum Gasteiger partial charge on any atom is 0.329 e. The van der Waals surface area contributed by atoms with Crippen LogP contribution in [-0.4, -0.2) is 30.6 Å². The number of imidazole rings is 1. The highest BCUT2D eigenvalue weighted by atomic mass is 35.5. The van der Waals surface area contributed by atoms with Crippen molar-refractivity contribution in [2.45, 2.75) is 13.0 Å². The Morgan fingerprint density at radius 1 is 1.09 bits per heavy atom. The molecule has 0 unspecified atom stereocenters. The van der Waals surface area contributed by atoms with Crippen molar-refractivity contribution in [2.24, 2.45) is 7.05 Å². The molecule has 5 aromatic rings. The predicted octanol–water partition coefficient (Wildman–Crippen LogP) is 3.26. The van der Waals surface area contributed by atoms with E-state index < -0.39 is 11.2 Å². The second kappa shape index (κ2) is 8.05. The second-order valence-corrected chi connectivity index (χ2v) is 8.11. The number of rotatable bonds is 6. The molecule has 2 aromatic carbocycles.